The first-order chi connectivity index (χ1) is 17.0. The van der Waals surface area contributed by atoms with E-state index in [1.165, 1.54) is 0 Å². The van der Waals surface area contributed by atoms with Crippen LogP contribution in [0.5, 0.6) is 5.75 Å². The summed E-state index contributed by atoms with van der Waals surface area (Å²) >= 11 is 0. The van der Waals surface area contributed by atoms with Crippen molar-refractivity contribution in [2.45, 2.75) is 31.6 Å². The highest BCUT2D eigenvalue weighted by molar-refractivity contribution is 6.09. The molecule has 0 radical (unpaired) electrons. The van der Waals surface area contributed by atoms with Gasteiger partial charge in [0.15, 0.2) is 5.78 Å². The van der Waals surface area contributed by atoms with Crippen LogP contribution in [0.15, 0.2) is 95.7 Å². The number of methoxy groups -OCH3 is 1. The SMILES string of the molecule is COc1ccc(C2CC(=O)C3=C(C2)NC(C)=C(C(=O)Nc2cccnc2)C3c2ccccn2)cc1. The average Bonchev–Trinajstić information content (AvgIpc) is 2.88. The number of rotatable bonds is 5. The number of carbonyl (C=O) groups excluding carboxylic acids is 2. The molecule has 3 aromatic rings. The molecule has 0 bridgehead atoms. The highest BCUT2D eigenvalue weighted by atomic mass is 16.5. The standard InChI is InChI=1S/C28H26N4O3/c1-17-25(28(34)32-20-6-5-12-29-16-20)27(22-7-3-4-13-30-22)26-23(31-17)14-19(15-24(26)33)18-8-10-21(35-2)11-9-18/h3-13,16,19,27,31H,14-15H2,1-2H3,(H,32,34). The van der Waals surface area contributed by atoms with Crippen molar-refractivity contribution in [1.29, 1.82) is 0 Å². The van der Waals surface area contributed by atoms with Crippen molar-refractivity contribution in [3.8, 4) is 5.75 Å². The Hall–Kier alpha value is -4.26. The van der Waals surface area contributed by atoms with E-state index in [1.54, 1.807) is 37.8 Å². The molecule has 2 unspecified atom stereocenters. The molecule has 3 heterocycles. The Morgan fingerprint density at radius 3 is 2.57 bits per heavy atom. The minimum absolute atomic E-state index is 0.0226. The van der Waals surface area contributed by atoms with E-state index in [0.29, 0.717) is 41.1 Å². The van der Waals surface area contributed by atoms with Crippen LogP contribution in [0.1, 0.15) is 42.9 Å². The molecule has 1 aromatic carbocycles. The van der Waals surface area contributed by atoms with Crippen LogP contribution in [0.3, 0.4) is 0 Å². The smallest absolute Gasteiger partial charge is 0.254 e. The van der Waals surface area contributed by atoms with Gasteiger partial charge in [-0.05, 0) is 61.2 Å². The molecule has 0 spiro atoms. The summed E-state index contributed by atoms with van der Waals surface area (Å²) in [5, 5.41) is 6.32. The van der Waals surface area contributed by atoms with Gasteiger partial charge in [-0.2, -0.15) is 0 Å². The largest absolute Gasteiger partial charge is 0.497 e. The molecular formula is C28H26N4O3. The van der Waals surface area contributed by atoms with E-state index in [9.17, 15) is 9.59 Å². The number of benzene rings is 1. The van der Waals surface area contributed by atoms with E-state index in [-0.39, 0.29) is 17.6 Å². The molecule has 1 aliphatic carbocycles. The maximum atomic E-state index is 13.6. The van der Waals surface area contributed by atoms with Crippen molar-refractivity contribution in [2.75, 3.05) is 12.4 Å². The van der Waals surface area contributed by atoms with Gasteiger partial charge in [-0.1, -0.05) is 18.2 Å². The van der Waals surface area contributed by atoms with Crippen LogP contribution in [0, 0.1) is 0 Å². The summed E-state index contributed by atoms with van der Waals surface area (Å²) in [4.78, 5) is 35.7. The number of ether oxygens (including phenoxy) is 1. The number of nitrogens with one attached hydrogen (secondary N) is 2. The molecule has 176 valence electrons. The number of dihydropyridines is 1. The van der Waals surface area contributed by atoms with Gasteiger partial charge in [-0.3, -0.25) is 19.6 Å². The van der Waals surface area contributed by atoms with Gasteiger partial charge in [-0.25, -0.2) is 0 Å². The summed E-state index contributed by atoms with van der Waals surface area (Å²) in [6.07, 6.45) is 5.97. The number of carbonyl (C=O) groups is 2. The molecular weight excluding hydrogens is 440 g/mol. The van der Waals surface area contributed by atoms with Crippen LogP contribution in [-0.4, -0.2) is 28.8 Å². The molecule has 2 aliphatic rings. The van der Waals surface area contributed by atoms with Crippen LogP contribution in [0.4, 0.5) is 5.69 Å². The Balaban J connectivity index is 1.52. The van der Waals surface area contributed by atoms with Crippen LogP contribution in [0.25, 0.3) is 0 Å². The molecule has 2 N–H and O–H groups in total. The summed E-state index contributed by atoms with van der Waals surface area (Å²) in [5.74, 6) is 0.0190. The van der Waals surface area contributed by atoms with Crippen LogP contribution < -0.4 is 15.4 Å². The van der Waals surface area contributed by atoms with E-state index < -0.39 is 5.92 Å². The number of nitrogens with zero attached hydrogens (tertiary/aromatic N) is 2. The summed E-state index contributed by atoms with van der Waals surface area (Å²) in [7, 11) is 1.64. The van der Waals surface area contributed by atoms with E-state index in [4.69, 9.17) is 4.74 Å². The van der Waals surface area contributed by atoms with Crippen LogP contribution >= 0.6 is 0 Å². The van der Waals surface area contributed by atoms with Gasteiger partial charge in [0, 0.05) is 41.4 Å². The van der Waals surface area contributed by atoms with Gasteiger partial charge in [0.2, 0.25) is 0 Å². The molecule has 2 atom stereocenters. The molecule has 5 rings (SSSR count). The van der Waals surface area contributed by atoms with Crippen molar-refractivity contribution < 1.29 is 14.3 Å². The lowest BCUT2D eigenvalue weighted by Gasteiger charge is -2.36. The highest BCUT2D eigenvalue weighted by Crippen LogP contribution is 2.45. The Bertz CT molecular complexity index is 1320. The van der Waals surface area contributed by atoms with E-state index >= 15 is 0 Å². The number of aromatic nitrogens is 2. The number of ketones is 1. The average molecular weight is 467 g/mol. The minimum Gasteiger partial charge on any atom is -0.497 e. The Morgan fingerprint density at radius 1 is 1.06 bits per heavy atom. The summed E-state index contributed by atoms with van der Waals surface area (Å²) in [6.45, 7) is 1.87. The second kappa shape index (κ2) is 9.54. The summed E-state index contributed by atoms with van der Waals surface area (Å²) < 4.78 is 5.27. The van der Waals surface area contributed by atoms with Crippen molar-refractivity contribution in [3.63, 3.8) is 0 Å². The number of hydrogen-bond donors (Lipinski definition) is 2. The molecule has 2 aromatic heterocycles. The van der Waals surface area contributed by atoms with Crippen molar-refractivity contribution >= 4 is 17.4 Å². The molecule has 0 saturated heterocycles. The Labute approximate surface area is 204 Å². The maximum Gasteiger partial charge on any atom is 0.254 e. The van der Waals surface area contributed by atoms with Gasteiger partial charge in [0.25, 0.3) is 5.91 Å². The monoisotopic (exact) mass is 466 g/mol. The van der Waals surface area contributed by atoms with E-state index in [2.05, 4.69) is 20.6 Å². The number of pyridine rings is 2. The fourth-order valence-corrected chi connectivity index (χ4v) is 4.93. The first-order valence-corrected chi connectivity index (χ1v) is 11.6. The first kappa shape index (κ1) is 22.5. The third-order valence-corrected chi connectivity index (χ3v) is 6.56. The topological polar surface area (TPSA) is 93.2 Å². The van der Waals surface area contributed by atoms with Crippen molar-refractivity contribution in [2.24, 2.45) is 0 Å². The normalized spacial score (nSPS) is 19.7. The molecule has 7 heteroatoms. The zero-order valence-corrected chi connectivity index (χ0v) is 19.6. The second-order valence-corrected chi connectivity index (χ2v) is 8.74. The number of anilines is 1. The molecule has 7 nitrogen and oxygen atoms in total. The van der Waals surface area contributed by atoms with E-state index in [1.807, 2.05) is 49.4 Å². The zero-order chi connectivity index (χ0) is 24.4. The number of amides is 1. The summed E-state index contributed by atoms with van der Waals surface area (Å²) in [5.41, 5.74) is 5.03. The Kier molecular flexibility index (Phi) is 6.14. The third-order valence-electron chi connectivity index (χ3n) is 6.56. The summed E-state index contributed by atoms with van der Waals surface area (Å²) in [6, 6.07) is 17.0. The third kappa shape index (κ3) is 4.45. The lowest BCUT2D eigenvalue weighted by Crippen LogP contribution is -2.37. The second-order valence-electron chi connectivity index (χ2n) is 8.74. The van der Waals surface area contributed by atoms with Gasteiger partial charge in [0.1, 0.15) is 5.75 Å². The molecule has 35 heavy (non-hydrogen) atoms. The van der Waals surface area contributed by atoms with Gasteiger partial charge in [0.05, 0.1) is 30.6 Å². The van der Waals surface area contributed by atoms with Crippen molar-refractivity contribution in [3.05, 3.63) is 107 Å². The number of Topliss-reactive ketones (excluding diaryl/α,β-unsaturated/α-hetero) is 1. The van der Waals surface area contributed by atoms with Gasteiger partial charge in [-0.15, -0.1) is 0 Å². The van der Waals surface area contributed by atoms with E-state index in [0.717, 1.165) is 17.0 Å². The van der Waals surface area contributed by atoms with Gasteiger partial charge < -0.3 is 15.4 Å². The quantitative estimate of drug-likeness (QED) is 0.576. The molecule has 1 aliphatic heterocycles. The first-order valence-electron chi connectivity index (χ1n) is 11.6. The number of hydrogen-bond acceptors (Lipinski definition) is 6. The zero-order valence-electron chi connectivity index (χ0n) is 19.6. The molecule has 0 fully saturated rings. The van der Waals surface area contributed by atoms with Crippen molar-refractivity contribution in [1.82, 2.24) is 15.3 Å². The maximum absolute atomic E-state index is 13.6. The fourth-order valence-electron chi connectivity index (χ4n) is 4.93. The Morgan fingerprint density at radius 2 is 1.89 bits per heavy atom. The van der Waals surface area contributed by atoms with Crippen LogP contribution in [0.2, 0.25) is 0 Å². The lowest BCUT2D eigenvalue weighted by atomic mass is 9.72. The van der Waals surface area contributed by atoms with Crippen LogP contribution in [-0.2, 0) is 9.59 Å². The predicted octanol–water partition coefficient (Wildman–Crippen LogP) is 4.49. The number of allylic oxidation sites excluding steroid dienone is 3. The highest BCUT2D eigenvalue weighted by Gasteiger charge is 2.41. The lowest BCUT2D eigenvalue weighted by molar-refractivity contribution is -0.116. The fraction of sp³-hybridized carbons (Fsp3) is 0.214. The molecule has 1 amide bonds. The molecule has 0 saturated carbocycles. The predicted molar refractivity (Wildman–Crippen MR) is 133 cm³/mol. The minimum atomic E-state index is -0.548. The van der Waals surface area contributed by atoms with Gasteiger partial charge >= 0.3 is 0 Å².